The molecule has 0 saturated carbocycles. The van der Waals surface area contributed by atoms with E-state index < -0.39 is 18.1 Å². The lowest BCUT2D eigenvalue weighted by molar-refractivity contribution is -0.143. The number of ether oxygens (including phenoxy) is 3. The molecule has 0 heterocycles. The molecule has 25 heavy (non-hydrogen) atoms. The van der Waals surface area contributed by atoms with Crippen molar-refractivity contribution < 1.29 is 23.8 Å². The van der Waals surface area contributed by atoms with Crippen LogP contribution >= 0.6 is 0 Å². The summed E-state index contributed by atoms with van der Waals surface area (Å²) in [5.41, 5.74) is 1.69. The second kappa shape index (κ2) is 9.32. The van der Waals surface area contributed by atoms with E-state index in [9.17, 15) is 9.59 Å². The number of carbonyl (C=O) groups is 2. The topological polar surface area (TPSA) is 73.9 Å². The first-order chi connectivity index (χ1) is 12.1. The maximum atomic E-state index is 12.0. The summed E-state index contributed by atoms with van der Waals surface area (Å²) in [7, 11) is 2.84. The van der Waals surface area contributed by atoms with Gasteiger partial charge in [-0.05, 0) is 23.3 Å². The monoisotopic (exact) mass is 343 g/mol. The molecule has 2 aromatic carbocycles. The number of hydrogen-bond acceptors (Lipinski definition) is 5. The molecule has 6 heteroatoms. The summed E-state index contributed by atoms with van der Waals surface area (Å²) in [6.07, 6.45) is -0.410. The number of amides is 1. The minimum Gasteiger partial charge on any atom is -0.497 e. The summed E-state index contributed by atoms with van der Waals surface area (Å²) >= 11 is 0. The SMILES string of the molecule is COC(=O)[C@@H](Cc1cccc(OC)c1)NC(=O)OCc1ccccc1. The minimum atomic E-state index is -0.847. The molecule has 6 nitrogen and oxygen atoms in total. The van der Waals surface area contributed by atoms with Gasteiger partial charge in [0.2, 0.25) is 0 Å². The molecule has 0 bridgehead atoms. The molecule has 0 fully saturated rings. The van der Waals surface area contributed by atoms with Gasteiger partial charge in [0.15, 0.2) is 0 Å². The fraction of sp³-hybridized carbons (Fsp3) is 0.263. The van der Waals surface area contributed by atoms with E-state index in [4.69, 9.17) is 14.2 Å². The highest BCUT2D eigenvalue weighted by Crippen LogP contribution is 2.14. The van der Waals surface area contributed by atoms with Crippen molar-refractivity contribution in [3.8, 4) is 5.75 Å². The van der Waals surface area contributed by atoms with Crippen LogP contribution in [-0.2, 0) is 27.3 Å². The van der Waals surface area contributed by atoms with Gasteiger partial charge in [0, 0.05) is 6.42 Å². The van der Waals surface area contributed by atoms with Crippen LogP contribution in [0.5, 0.6) is 5.75 Å². The van der Waals surface area contributed by atoms with Crippen molar-refractivity contribution in [2.24, 2.45) is 0 Å². The van der Waals surface area contributed by atoms with Crippen LogP contribution in [0.3, 0.4) is 0 Å². The zero-order valence-electron chi connectivity index (χ0n) is 14.2. The molecular formula is C19H21NO5. The zero-order valence-corrected chi connectivity index (χ0v) is 14.2. The van der Waals surface area contributed by atoms with E-state index in [-0.39, 0.29) is 13.0 Å². The van der Waals surface area contributed by atoms with Gasteiger partial charge < -0.3 is 19.5 Å². The fourth-order valence-electron chi connectivity index (χ4n) is 2.28. The number of nitrogens with one attached hydrogen (secondary N) is 1. The van der Waals surface area contributed by atoms with Crippen molar-refractivity contribution in [2.75, 3.05) is 14.2 Å². The molecule has 2 rings (SSSR count). The van der Waals surface area contributed by atoms with Crippen LogP contribution in [0.4, 0.5) is 4.79 Å². The summed E-state index contributed by atoms with van der Waals surface area (Å²) in [5.74, 6) is 0.132. The number of benzene rings is 2. The highest BCUT2D eigenvalue weighted by Gasteiger charge is 2.23. The second-order valence-corrected chi connectivity index (χ2v) is 5.34. The molecule has 0 radical (unpaired) electrons. The largest absolute Gasteiger partial charge is 0.497 e. The van der Waals surface area contributed by atoms with Gasteiger partial charge in [-0.15, -0.1) is 0 Å². The van der Waals surface area contributed by atoms with E-state index in [0.717, 1.165) is 11.1 Å². The van der Waals surface area contributed by atoms with E-state index in [0.29, 0.717) is 5.75 Å². The fourth-order valence-corrected chi connectivity index (χ4v) is 2.28. The predicted octanol–water partition coefficient (Wildman–Crippen LogP) is 2.71. The summed E-state index contributed by atoms with van der Waals surface area (Å²) in [6, 6.07) is 15.7. The van der Waals surface area contributed by atoms with Crippen molar-refractivity contribution >= 4 is 12.1 Å². The predicted molar refractivity (Wildman–Crippen MR) is 92.3 cm³/mol. The van der Waals surface area contributed by atoms with E-state index in [1.807, 2.05) is 42.5 Å². The van der Waals surface area contributed by atoms with E-state index in [1.54, 1.807) is 19.2 Å². The van der Waals surface area contributed by atoms with Crippen molar-refractivity contribution in [1.29, 1.82) is 0 Å². The molecule has 0 saturated heterocycles. The Balaban J connectivity index is 1.97. The van der Waals surface area contributed by atoms with Crippen LogP contribution < -0.4 is 10.1 Å². The molecule has 0 aliphatic rings. The van der Waals surface area contributed by atoms with Gasteiger partial charge >= 0.3 is 12.1 Å². The summed E-state index contributed by atoms with van der Waals surface area (Å²) in [4.78, 5) is 24.0. The number of hydrogen-bond donors (Lipinski definition) is 1. The van der Waals surface area contributed by atoms with Crippen molar-refractivity contribution in [3.05, 3.63) is 65.7 Å². The molecule has 132 valence electrons. The lowest BCUT2D eigenvalue weighted by atomic mass is 10.1. The smallest absolute Gasteiger partial charge is 0.408 e. The minimum absolute atomic E-state index is 0.125. The lowest BCUT2D eigenvalue weighted by Crippen LogP contribution is -2.43. The maximum Gasteiger partial charge on any atom is 0.408 e. The maximum absolute atomic E-state index is 12.0. The van der Waals surface area contributed by atoms with Gasteiger partial charge in [0.25, 0.3) is 0 Å². The highest BCUT2D eigenvalue weighted by molar-refractivity contribution is 5.81. The molecule has 1 N–H and O–H groups in total. The number of carbonyl (C=O) groups excluding carboxylic acids is 2. The third-order valence-electron chi connectivity index (χ3n) is 3.56. The first-order valence-electron chi connectivity index (χ1n) is 7.80. The van der Waals surface area contributed by atoms with Crippen molar-refractivity contribution in [3.63, 3.8) is 0 Å². The van der Waals surface area contributed by atoms with Crippen molar-refractivity contribution in [2.45, 2.75) is 19.1 Å². The zero-order chi connectivity index (χ0) is 18.1. The van der Waals surface area contributed by atoms with Gasteiger partial charge in [-0.3, -0.25) is 0 Å². The van der Waals surface area contributed by atoms with Gasteiger partial charge in [-0.2, -0.15) is 0 Å². The molecule has 0 spiro atoms. The number of rotatable bonds is 7. The summed E-state index contributed by atoms with van der Waals surface area (Å²) in [5, 5.41) is 2.55. The third-order valence-corrected chi connectivity index (χ3v) is 3.56. The lowest BCUT2D eigenvalue weighted by Gasteiger charge is -2.17. The Morgan fingerprint density at radius 1 is 1.00 bits per heavy atom. The van der Waals surface area contributed by atoms with E-state index >= 15 is 0 Å². The Morgan fingerprint density at radius 3 is 2.40 bits per heavy atom. The first-order valence-corrected chi connectivity index (χ1v) is 7.80. The molecule has 1 atom stereocenters. The van der Waals surface area contributed by atoms with Crippen LogP contribution in [0.25, 0.3) is 0 Å². The Morgan fingerprint density at radius 2 is 1.72 bits per heavy atom. The second-order valence-electron chi connectivity index (χ2n) is 5.34. The third kappa shape index (κ3) is 5.84. The van der Waals surface area contributed by atoms with Crippen LogP contribution in [0.2, 0.25) is 0 Å². The van der Waals surface area contributed by atoms with E-state index in [1.165, 1.54) is 7.11 Å². The van der Waals surface area contributed by atoms with Gasteiger partial charge in [0.05, 0.1) is 14.2 Å². The molecule has 2 aromatic rings. The van der Waals surface area contributed by atoms with Crippen molar-refractivity contribution in [1.82, 2.24) is 5.32 Å². The number of esters is 1. The van der Waals surface area contributed by atoms with Gasteiger partial charge in [-0.25, -0.2) is 9.59 Å². The average Bonchev–Trinajstić information content (AvgIpc) is 2.66. The van der Waals surface area contributed by atoms with Gasteiger partial charge in [-0.1, -0.05) is 42.5 Å². The summed E-state index contributed by atoms with van der Waals surface area (Å²) < 4.78 is 15.1. The summed E-state index contributed by atoms with van der Waals surface area (Å²) in [6.45, 7) is 0.125. The molecule has 0 aliphatic heterocycles. The number of methoxy groups -OCH3 is 2. The highest BCUT2D eigenvalue weighted by atomic mass is 16.6. The van der Waals surface area contributed by atoms with Crippen LogP contribution in [0.15, 0.2) is 54.6 Å². The molecular weight excluding hydrogens is 322 g/mol. The standard InChI is InChI=1S/C19H21NO5/c1-23-16-10-6-9-15(11-16)12-17(18(21)24-2)20-19(22)25-13-14-7-4-3-5-8-14/h3-11,17H,12-13H2,1-2H3,(H,20,22)/t17-/m1/s1. The Labute approximate surface area is 146 Å². The average molecular weight is 343 g/mol. The molecule has 0 aliphatic carbocycles. The molecule has 1 amide bonds. The quantitative estimate of drug-likeness (QED) is 0.783. The Bertz CT molecular complexity index is 702. The molecule has 0 aromatic heterocycles. The van der Waals surface area contributed by atoms with Crippen LogP contribution in [0.1, 0.15) is 11.1 Å². The normalized spacial score (nSPS) is 11.3. The Hall–Kier alpha value is -3.02. The van der Waals surface area contributed by atoms with Crippen LogP contribution in [0, 0.1) is 0 Å². The van der Waals surface area contributed by atoms with Crippen LogP contribution in [-0.4, -0.2) is 32.3 Å². The number of alkyl carbamates (subject to hydrolysis) is 1. The van der Waals surface area contributed by atoms with E-state index in [2.05, 4.69) is 5.32 Å². The molecule has 0 unspecified atom stereocenters. The first kappa shape index (κ1) is 18.3. The van der Waals surface area contributed by atoms with Gasteiger partial charge in [0.1, 0.15) is 18.4 Å². The Kier molecular flexibility index (Phi) is 6.83.